The van der Waals surface area contributed by atoms with Crippen LogP contribution in [0.1, 0.15) is 5.56 Å². The lowest BCUT2D eigenvalue weighted by molar-refractivity contribution is -0.142. The zero-order valence-electron chi connectivity index (χ0n) is 10.2. The number of carboxylic acids is 1. The van der Waals surface area contributed by atoms with Crippen LogP contribution in [0.4, 0.5) is 4.39 Å². The van der Waals surface area contributed by atoms with Crippen molar-refractivity contribution in [1.29, 1.82) is 0 Å². The van der Waals surface area contributed by atoms with Crippen molar-refractivity contribution in [2.45, 2.75) is 13.0 Å². The molecular formula is C12H13ClFNO4. The normalized spacial score (nSPS) is 11.7. The van der Waals surface area contributed by atoms with Crippen molar-refractivity contribution in [1.82, 2.24) is 5.32 Å². The van der Waals surface area contributed by atoms with Crippen LogP contribution in [0.2, 0.25) is 5.02 Å². The number of halogens is 2. The second-order valence-electron chi connectivity index (χ2n) is 3.76. The summed E-state index contributed by atoms with van der Waals surface area (Å²) in [6, 6.07) is 3.40. The van der Waals surface area contributed by atoms with Gasteiger partial charge in [-0.3, -0.25) is 4.79 Å². The summed E-state index contributed by atoms with van der Waals surface area (Å²) in [5.74, 6) is -1.74. The summed E-state index contributed by atoms with van der Waals surface area (Å²) in [4.78, 5) is 21.9. The SMILES string of the molecule is Cc1c(Cl)cccc1OCC(=O)NC(CF)C(=O)O. The predicted molar refractivity (Wildman–Crippen MR) is 67.2 cm³/mol. The number of benzene rings is 1. The Morgan fingerprint density at radius 2 is 2.21 bits per heavy atom. The molecule has 0 heterocycles. The van der Waals surface area contributed by atoms with Gasteiger partial charge in [-0.25, -0.2) is 9.18 Å². The van der Waals surface area contributed by atoms with Crippen molar-refractivity contribution in [3.05, 3.63) is 28.8 Å². The minimum atomic E-state index is -1.56. The molecule has 19 heavy (non-hydrogen) atoms. The van der Waals surface area contributed by atoms with Crippen LogP contribution in [0.5, 0.6) is 5.75 Å². The van der Waals surface area contributed by atoms with E-state index in [1.54, 1.807) is 25.1 Å². The molecule has 0 saturated carbocycles. The first kappa shape index (κ1) is 15.2. The van der Waals surface area contributed by atoms with E-state index < -0.39 is 31.2 Å². The largest absolute Gasteiger partial charge is 0.483 e. The van der Waals surface area contributed by atoms with Gasteiger partial charge in [0.15, 0.2) is 12.6 Å². The highest BCUT2D eigenvalue weighted by atomic mass is 35.5. The molecule has 0 spiro atoms. The molecule has 104 valence electrons. The van der Waals surface area contributed by atoms with Crippen LogP contribution in [-0.4, -0.2) is 36.3 Å². The van der Waals surface area contributed by atoms with Gasteiger partial charge in [-0.05, 0) is 19.1 Å². The quantitative estimate of drug-likeness (QED) is 0.833. The molecule has 0 aromatic heterocycles. The number of rotatable bonds is 6. The Kier molecular flexibility index (Phi) is 5.57. The minimum Gasteiger partial charge on any atom is -0.483 e. The van der Waals surface area contributed by atoms with Gasteiger partial charge in [-0.1, -0.05) is 17.7 Å². The first-order valence-electron chi connectivity index (χ1n) is 5.41. The third-order valence-electron chi connectivity index (χ3n) is 2.36. The van der Waals surface area contributed by atoms with Gasteiger partial charge in [0.05, 0.1) is 0 Å². The third-order valence-corrected chi connectivity index (χ3v) is 2.77. The smallest absolute Gasteiger partial charge is 0.328 e. The van der Waals surface area contributed by atoms with Crippen LogP contribution >= 0.6 is 11.6 Å². The van der Waals surface area contributed by atoms with Crippen molar-refractivity contribution in [2.24, 2.45) is 0 Å². The van der Waals surface area contributed by atoms with E-state index in [1.807, 2.05) is 5.32 Å². The molecule has 1 unspecified atom stereocenters. The average molecular weight is 290 g/mol. The van der Waals surface area contributed by atoms with Crippen LogP contribution < -0.4 is 10.1 Å². The number of carboxylic acid groups (broad SMARTS) is 1. The van der Waals surface area contributed by atoms with Gasteiger partial charge in [0, 0.05) is 10.6 Å². The number of hydrogen-bond donors (Lipinski definition) is 2. The van der Waals surface area contributed by atoms with Crippen molar-refractivity contribution >= 4 is 23.5 Å². The second-order valence-corrected chi connectivity index (χ2v) is 4.17. The van der Waals surface area contributed by atoms with Crippen LogP contribution in [0.25, 0.3) is 0 Å². The molecule has 7 heteroatoms. The lowest BCUT2D eigenvalue weighted by Crippen LogP contribution is -2.44. The van der Waals surface area contributed by atoms with Crippen LogP contribution in [-0.2, 0) is 9.59 Å². The van der Waals surface area contributed by atoms with E-state index in [0.29, 0.717) is 16.3 Å². The monoisotopic (exact) mass is 289 g/mol. The van der Waals surface area contributed by atoms with Crippen molar-refractivity contribution in [3.8, 4) is 5.75 Å². The zero-order valence-corrected chi connectivity index (χ0v) is 10.9. The highest BCUT2D eigenvalue weighted by molar-refractivity contribution is 6.31. The molecular weight excluding hydrogens is 277 g/mol. The van der Waals surface area contributed by atoms with E-state index in [9.17, 15) is 14.0 Å². The second kappa shape index (κ2) is 6.94. The average Bonchev–Trinajstić information content (AvgIpc) is 2.37. The summed E-state index contributed by atoms with van der Waals surface area (Å²) in [6.45, 7) is 0.124. The molecule has 0 aliphatic heterocycles. The van der Waals surface area contributed by atoms with Gasteiger partial charge >= 0.3 is 5.97 Å². The Balaban J connectivity index is 2.55. The summed E-state index contributed by atoms with van der Waals surface area (Å²) in [5.41, 5.74) is 0.664. The molecule has 1 atom stereocenters. The summed E-state index contributed by atoms with van der Waals surface area (Å²) < 4.78 is 17.5. The van der Waals surface area contributed by atoms with E-state index >= 15 is 0 Å². The Morgan fingerprint density at radius 1 is 1.53 bits per heavy atom. The fraction of sp³-hybridized carbons (Fsp3) is 0.333. The van der Waals surface area contributed by atoms with E-state index in [1.165, 1.54) is 0 Å². The first-order valence-corrected chi connectivity index (χ1v) is 5.79. The molecule has 0 bridgehead atoms. The first-order chi connectivity index (χ1) is 8.95. The fourth-order valence-electron chi connectivity index (χ4n) is 1.29. The number of carbonyl (C=O) groups is 2. The predicted octanol–water partition coefficient (Wildman–Crippen LogP) is 1.57. The Labute approximate surface area is 114 Å². The molecule has 0 radical (unpaired) electrons. The topological polar surface area (TPSA) is 75.6 Å². The fourth-order valence-corrected chi connectivity index (χ4v) is 1.46. The standard InChI is InChI=1S/C12H13ClFNO4/c1-7-8(13)3-2-4-10(7)19-6-11(16)15-9(5-14)12(17)18/h2-4,9H,5-6H2,1H3,(H,15,16)(H,17,18). The van der Waals surface area contributed by atoms with Crippen molar-refractivity contribution < 1.29 is 23.8 Å². The van der Waals surface area contributed by atoms with Gasteiger partial charge in [-0.15, -0.1) is 0 Å². The number of hydrogen-bond acceptors (Lipinski definition) is 3. The number of amides is 1. The van der Waals surface area contributed by atoms with E-state index in [0.717, 1.165) is 0 Å². The molecule has 0 saturated heterocycles. The molecule has 1 rings (SSSR count). The van der Waals surface area contributed by atoms with Gasteiger partial charge in [0.25, 0.3) is 5.91 Å². The number of ether oxygens (including phenoxy) is 1. The highest BCUT2D eigenvalue weighted by Crippen LogP contribution is 2.24. The van der Waals surface area contributed by atoms with Gasteiger partial charge in [0.1, 0.15) is 12.4 Å². The number of carbonyl (C=O) groups excluding carboxylic acids is 1. The molecule has 5 nitrogen and oxygen atoms in total. The summed E-state index contributed by atoms with van der Waals surface area (Å²) in [5, 5.41) is 11.1. The van der Waals surface area contributed by atoms with Gasteiger partial charge in [0.2, 0.25) is 0 Å². The molecule has 2 N–H and O–H groups in total. The third kappa shape index (κ3) is 4.40. The van der Waals surface area contributed by atoms with Gasteiger partial charge in [-0.2, -0.15) is 0 Å². The molecule has 1 aromatic carbocycles. The van der Waals surface area contributed by atoms with E-state index in [4.69, 9.17) is 21.4 Å². The van der Waals surface area contributed by atoms with E-state index in [2.05, 4.69) is 0 Å². The van der Waals surface area contributed by atoms with Crippen LogP contribution in [0.3, 0.4) is 0 Å². The zero-order chi connectivity index (χ0) is 14.4. The van der Waals surface area contributed by atoms with Gasteiger partial charge < -0.3 is 15.2 Å². The molecule has 0 aliphatic rings. The molecule has 1 aromatic rings. The van der Waals surface area contributed by atoms with Crippen molar-refractivity contribution in [3.63, 3.8) is 0 Å². The maximum Gasteiger partial charge on any atom is 0.328 e. The maximum atomic E-state index is 12.3. The maximum absolute atomic E-state index is 12.3. The highest BCUT2D eigenvalue weighted by Gasteiger charge is 2.19. The van der Waals surface area contributed by atoms with Crippen LogP contribution in [0.15, 0.2) is 18.2 Å². The molecule has 0 fully saturated rings. The van der Waals surface area contributed by atoms with E-state index in [-0.39, 0.29) is 0 Å². The molecule has 0 aliphatic carbocycles. The summed E-state index contributed by atoms with van der Waals surface area (Å²) in [6.07, 6.45) is 0. The molecule has 1 amide bonds. The number of aliphatic carboxylic acids is 1. The summed E-state index contributed by atoms with van der Waals surface area (Å²) in [7, 11) is 0. The lowest BCUT2D eigenvalue weighted by atomic mass is 10.2. The lowest BCUT2D eigenvalue weighted by Gasteiger charge is -2.12. The Bertz CT molecular complexity index is 481. The number of nitrogens with one attached hydrogen (secondary N) is 1. The van der Waals surface area contributed by atoms with Crippen molar-refractivity contribution in [2.75, 3.05) is 13.3 Å². The number of alkyl halides is 1. The minimum absolute atomic E-state index is 0.412. The Morgan fingerprint density at radius 3 is 2.79 bits per heavy atom. The van der Waals surface area contributed by atoms with Crippen LogP contribution in [0, 0.1) is 6.92 Å². The Hall–Kier alpha value is -1.82. The summed E-state index contributed by atoms with van der Waals surface area (Å²) >= 11 is 5.87.